The minimum Gasteiger partial charge on any atom is -0.296 e. The molecule has 2 aliphatic rings. The van der Waals surface area contributed by atoms with E-state index in [1.54, 1.807) is 0 Å². The lowest BCUT2D eigenvalue weighted by atomic mass is 9.78. The second-order valence-corrected chi connectivity index (χ2v) is 5.04. The molecule has 0 saturated carbocycles. The van der Waals surface area contributed by atoms with Gasteiger partial charge in [0.05, 0.1) is 6.20 Å². The number of hydrogen-bond donors (Lipinski definition) is 1. The van der Waals surface area contributed by atoms with Crippen LogP contribution in [0.2, 0.25) is 0 Å². The zero-order valence-electron chi connectivity index (χ0n) is 9.65. The number of nitrogens with zero attached hydrogens (tertiary/aromatic N) is 2. The van der Waals surface area contributed by atoms with Gasteiger partial charge in [-0.1, -0.05) is 6.08 Å². The van der Waals surface area contributed by atoms with Crippen molar-refractivity contribution in [3.63, 3.8) is 0 Å². The Bertz CT molecular complexity index is 382. The average molecular weight is 217 g/mol. The molecular weight excluding hydrogens is 198 g/mol. The number of aromatic nitrogens is 2. The average Bonchev–Trinajstić information content (AvgIpc) is 2.74. The second kappa shape index (κ2) is 4.06. The Hall–Kier alpha value is -1.09. The molecule has 16 heavy (non-hydrogen) atoms. The first-order valence-corrected chi connectivity index (χ1v) is 6.24. The van der Waals surface area contributed by atoms with Crippen LogP contribution in [0.25, 0.3) is 0 Å². The molecule has 0 bridgehead atoms. The molecule has 0 amide bonds. The van der Waals surface area contributed by atoms with Gasteiger partial charge in [0.1, 0.15) is 0 Å². The van der Waals surface area contributed by atoms with Gasteiger partial charge in [-0.2, -0.15) is 5.10 Å². The zero-order valence-corrected chi connectivity index (χ0v) is 9.65. The highest BCUT2D eigenvalue weighted by molar-refractivity contribution is 5.23. The smallest absolute Gasteiger partial charge is 0.0522 e. The predicted octanol–water partition coefficient (Wildman–Crippen LogP) is 1.77. The number of likely N-dealkylation sites (tertiary alicyclic amines) is 1. The third-order valence-electron chi connectivity index (χ3n) is 4.10. The lowest BCUT2D eigenvalue weighted by molar-refractivity contribution is 0.0968. The van der Waals surface area contributed by atoms with Gasteiger partial charge in [-0.15, -0.1) is 6.58 Å². The van der Waals surface area contributed by atoms with E-state index < -0.39 is 0 Å². The molecule has 0 spiro atoms. The van der Waals surface area contributed by atoms with Gasteiger partial charge >= 0.3 is 0 Å². The number of rotatable bonds is 2. The summed E-state index contributed by atoms with van der Waals surface area (Å²) in [7, 11) is 0. The summed E-state index contributed by atoms with van der Waals surface area (Å²) in [5.74, 6) is 0.821. The van der Waals surface area contributed by atoms with E-state index in [0.29, 0.717) is 0 Å². The Kier molecular flexibility index (Phi) is 2.56. The fraction of sp³-hybridized carbons (Fsp3) is 0.615. The van der Waals surface area contributed by atoms with Crippen molar-refractivity contribution in [3.8, 4) is 0 Å². The Balaban J connectivity index is 1.84. The maximum Gasteiger partial charge on any atom is 0.0522 e. The number of fused-ring (bicyclic) bond motifs is 2. The van der Waals surface area contributed by atoms with E-state index in [2.05, 4.69) is 21.7 Å². The van der Waals surface area contributed by atoms with E-state index in [1.807, 2.05) is 12.3 Å². The molecular formula is C13H19N3. The minimum atomic E-state index is 0.719. The first kappa shape index (κ1) is 10.1. The van der Waals surface area contributed by atoms with Crippen LogP contribution in [0.15, 0.2) is 18.9 Å². The zero-order chi connectivity index (χ0) is 11.0. The molecule has 1 aromatic rings. The molecule has 3 heteroatoms. The number of hydrogen-bond acceptors (Lipinski definition) is 2. The molecule has 1 aliphatic heterocycles. The van der Waals surface area contributed by atoms with Crippen molar-refractivity contribution in [1.82, 2.24) is 15.1 Å². The van der Waals surface area contributed by atoms with Crippen LogP contribution in [0.1, 0.15) is 24.1 Å². The number of aromatic amines is 1. The van der Waals surface area contributed by atoms with Crippen LogP contribution in [0, 0.1) is 5.92 Å². The lowest BCUT2D eigenvalue weighted by Gasteiger charge is -2.43. The van der Waals surface area contributed by atoms with E-state index in [4.69, 9.17) is 0 Å². The Labute approximate surface area is 96.5 Å². The van der Waals surface area contributed by atoms with Crippen LogP contribution < -0.4 is 0 Å². The minimum absolute atomic E-state index is 0.719. The maximum atomic E-state index is 4.17. The van der Waals surface area contributed by atoms with Crippen LogP contribution in [-0.2, 0) is 12.8 Å². The van der Waals surface area contributed by atoms with Gasteiger partial charge in [0, 0.05) is 18.3 Å². The van der Waals surface area contributed by atoms with Crippen molar-refractivity contribution in [2.24, 2.45) is 5.92 Å². The van der Waals surface area contributed by atoms with Crippen molar-refractivity contribution in [1.29, 1.82) is 0 Å². The monoisotopic (exact) mass is 217 g/mol. The fourth-order valence-corrected chi connectivity index (χ4v) is 3.32. The molecule has 1 aromatic heterocycles. The van der Waals surface area contributed by atoms with Crippen molar-refractivity contribution in [2.45, 2.75) is 31.7 Å². The van der Waals surface area contributed by atoms with Crippen LogP contribution in [0.4, 0.5) is 0 Å². The highest BCUT2D eigenvalue weighted by Crippen LogP contribution is 2.33. The maximum absolute atomic E-state index is 4.17. The summed E-state index contributed by atoms with van der Waals surface area (Å²) in [5, 5.41) is 7.32. The van der Waals surface area contributed by atoms with Gasteiger partial charge in [-0.25, -0.2) is 0 Å². The predicted molar refractivity (Wildman–Crippen MR) is 64.3 cm³/mol. The molecule has 1 aliphatic carbocycles. The van der Waals surface area contributed by atoms with Gasteiger partial charge in [0.15, 0.2) is 0 Å². The molecule has 1 fully saturated rings. The topological polar surface area (TPSA) is 31.9 Å². The lowest BCUT2D eigenvalue weighted by Crippen LogP contribution is -2.49. The van der Waals surface area contributed by atoms with Gasteiger partial charge < -0.3 is 0 Å². The Morgan fingerprint density at radius 3 is 3.38 bits per heavy atom. The first-order valence-electron chi connectivity index (χ1n) is 6.24. The molecule has 0 aromatic carbocycles. The van der Waals surface area contributed by atoms with Gasteiger partial charge in [0.2, 0.25) is 0 Å². The Morgan fingerprint density at radius 2 is 2.50 bits per heavy atom. The summed E-state index contributed by atoms with van der Waals surface area (Å²) in [6.45, 7) is 6.14. The summed E-state index contributed by atoms with van der Waals surface area (Å²) in [6, 6.07) is 0.719. The van der Waals surface area contributed by atoms with Crippen molar-refractivity contribution < 1.29 is 0 Å². The third kappa shape index (κ3) is 1.59. The standard InChI is InChI=1S/C13H19N3/c1-2-5-16-6-3-4-10-7-12-11(8-13(10)16)9-14-15-12/h2,9-10,13H,1,3-8H2,(H,14,15)/t10-,13-/m1/s1. The molecule has 1 saturated heterocycles. The summed E-state index contributed by atoms with van der Waals surface area (Å²) in [6.07, 6.45) is 9.10. The van der Waals surface area contributed by atoms with E-state index in [9.17, 15) is 0 Å². The van der Waals surface area contributed by atoms with Crippen molar-refractivity contribution >= 4 is 0 Å². The van der Waals surface area contributed by atoms with Gasteiger partial charge in [-0.3, -0.25) is 10.00 Å². The highest BCUT2D eigenvalue weighted by atomic mass is 15.2. The Morgan fingerprint density at radius 1 is 1.56 bits per heavy atom. The highest BCUT2D eigenvalue weighted by Gasteiger charge is 2.35. The van der Waals surface area contributed by atoms with Crippen LogP contribution in [0.5, 0.6) is 0 Å². The largest absolute Gasteiger partial charge is 0.296 e. The molecule has 0 unspecified atom stereocenters. The van der Waals surface area contributed by atoms with Crippen LogP contribution in [-0.4, -0.2) is 34.2 Å². The molecule has 3 nitrogen and oxygen atoms in total. The first-order chi connectivity index (χ1) is 7.88. The van der Waals surface area contributed by atoms with Crippen molar-refractivity contribution in [2.75, 3.05) is 13.1 Å². The quantitative estimate of drug-likeness (QED) is 0.766. The summed E-state index contributed by atoms with van der Waals surface area (Å²) in [4.78, 5) is 2.59. The van der Waals surface area contributed by atoms with Crippen molar-refractivity contribution in [3.05, 3.63) is 30.1 Å². The summed E-state index contributed by atoms with van der Waals surface area (Å²) in [5.41, 5.74) is 2.80. The second-order valence-electron chi connectivity index (χ2n) is 5.04. The van der Waals surface area contributed by atoms with E-state index in [-0.39, 0.29) is 0 Å². The SMILES string of the molecule is C=CCN1CCC[C@@H]2Cc3[nH]ncc3C[C@H]21. The molecule has 2 atom stereocenters. The van der Waals surface area contributed by atoms with Crippen LogP contribution >= 0.6 is 0 Å². The number of H-pyrrole nitrogens is 1. The van der Waals surface area contributed by atoms with Gasteiger partial charge in [0.25, 0.3) is 0 Å². The molecule has 86 valence electrons. The summed E-state index contributed by atoms with van der Waals surface area (Å²) >= 11 is 0. The number of nitrogens with one attached hydrogen (secondary N) is 1. The molecule has 3 rings (SSSR count). The molecule has 1 N–H and O–H groups in total. The van der Waals surface area contributed by atoms with E-state index in [1.165, 1.54) is 43.5 Å². The van der Waals surface area contributed by atoms with E-state index >= 15 is 0 Å². The van der Waals surface area contributed by atoms with Gasteiger partial charge in [-0.05, 0) is 43.7 Å². The normalized spacial score (nSPS) is 29.5. The molecule has 0 radical (unpaired) electrons. The third-order valence-corrected chi connectivity index (χ3v) is 4.10. The molecule has 2 heterocycles. The fourth-order valence-electron chi connectivity index (χ4n) is 3.32. The van der Waals surface area contributed by atoms with E-state index in [0.717, 1.165) is 18.5 Å². The summed E-state index contributed by atoms with van der Waals surface area (Å²) < 4.78 is 0. The number of piperidine rings is 1. The van der Waals surface area contributed by atoms with Crippen LogP contribution in [0.3, 0.4) is 0 Å².